The fraction of sp³-hybridized carbons (Fsp3) is 0.429. The van der Waals surface area contributed by atoms with Gasteiger partial charge in [0.15, 0.2) is 5.82 Å². The average Bonchev–Trinajstić information content (AvgIpc) is 2.91. The van der Waals surface area contributed by atoms with Crippen molar-refractivity contribution in [2.24, 2.45) is 0 Å². The lowest BCUT2D eigenvalue weighted by atomic mass is 10.2. The van der Waals surface area contributed by atoms with Gasteiger partial charge in [-0.05, 0) is 29.5 Å². The molecule has 1 N–H and O–H groups in total. The lowest BCUT2D eigenvalue weighted by Crippen LogP contribution is -2.10. The molecule has 112 valence electrons. The maximum atomic E-state index is 10.5. The number of nitrogens with zero attached hydrogens (tertiary/aromatic N) is 4. The van der Waals surface area contributed by atoms with Crippen molar-refractivity contribution >= 4 is 5.97 Å². The van der Waals surface area contributed by atoms with Gasteiger partial charge >= 0.3 is 5.97 Å². The van der Waals surface area contributed by atoms with E-state index in [1.54, 1.807) is 4.68 Å². The molecule has 0 fully saturated rings. The molecule has 7 heteroatoms. The van der Waals surface area contributed by atoms with Gasteiger partial charge < -0.3 is 9.84 Å². The number of tetrazole rings is 1. The molecule has 1 heterocycles. The van der Waals surface area contributed by atoms with Gasteiger partial charge in [-0.3, -0.25) is 4.79 Å². The molecule has 0 saturated heterocycles. The molecule has 0 bridgehead atoms. The second-order valence-corrected chi connectivity index (χ2v) is 4.73. The molecule has 0 aliphatic heterocycles. The molecule has 0 aliphatic rings. The number of carboxylic acids is 1. The van der Waals surface area contributed by atoms with Gasteiger partial charge in [-0.25, -0.2) is 4.68 Å². The van der Waals surface area contributed by atoms with Crippen LogP contribution in [0.2, 0.25) is 0 Å². The first kappa shape index (κ1) is 15.0. The van der Waals surface area contributed by atoms with Gasteiger partial charge in [-0.2, -0.15) is 0 Å². The predicted molar refractivity (Wildman–Crippen MR) is 75.1 cm³/mol. The van der Waals surface area contributed by atoms with Crippen molar-refractivity contribution in [2.45, 2.75) is 32.7 Å². The van der Waals surface area contributed by atoms with E-state index in [-0.39, 0.29) is 6.42 Å². The topological polar surface area (TPSA) is 90.1 Å². The highest BCUT2D eigenvalue weighted by Crippen LogP contribution is 2.11. The van der Waals surface area contributed by atoms with Crippen molar-refractivity contribution in [1.82, 2.24) is 20.2 Å². The summed E-state index contributed by atoms with van der Waals surface area (Å²) in [5.41, 5.74) is 1.19. The number of hydrogen-bond donors (Lipinski definition) is 1. The number of carboxylic acid groups (broad SMARTS) is 1. The number of benzene rings is 1. The summed E-state index contributed by atoms with van der Waals surface area (Å²) in [5.74, 6) is 0.573. The SMILES string of the molecule is Cc1ccc(OCCCn2nnnc2CCC(=O)O)cc1. The van der Waals surface area contributed by atoms with Crippen LogP contribution in [0.25, 0.3) is 0 Å². The Hall–Kier alpha value is -2.44. The number of rotatable bonds is 8. The zero-order chi connectivity index (χ0) is 15.1. The minimum Gasteiger partial charge on any atom is -0.494 e. The van der Waals surface area contributed by atoms with Crippen molar-refractivity contribution in [3.8, 4) is 5.75 Å². The molecule has 0 saturated carbocycles. The number of aliphatic carboxylic acids is 1. The van der Waals surface area contributed by atoms with Crippen LogP contribution in [-0.4, -0.2) is 37.9 Å². The molecule has 0 atom stereocenters. The summed E-state index contributed by atoms with van der Waals surface area (Å²) in [6.07, 6.45) is 1.11. The number of ether oxygens (including phenoxy) is 1. The van der Waals surface area contributed by atoms with Gasteiger partial charge in [0.05, 0.1) is 13.0 Å². The normalized spacial score (nSPS) is 10.5. The molecule has 0 unspecified atom stereocenters. The zero-order valence-electron chi connectivity index (χ0n) is 11.9. The average molecular weight is 290 g/mol. The Balaban J connectivity index is 1.74. The highest BCUT2D eigenvalue weighted by Gasteiger charge is 2.08. The summed E-state index contributed by atoms with van der Waals surface area (Å²) in [4.78, 5) is 10.5. The summed E-state index contributed by atoms with van der Waals surface area (Å²) in [6.45, 7) is 3.19. The van der Waals surface area contributed by atoms with Gasteiger partial charge in [0, 0.05) is 19.4 Å². The standard InChI is InChI=1S/C14H18N4O3/c1-11-3-5-12(6-4-11)21-10-2-9-18-13(15-16-17-18)7-8-14(19)20/h3-6H,2,7-10H2,1H3,(H,19,20). The number of aryl methyl sites for hydroxylation is 3. The summed E-state index contributed by atoms with van der Waals surface area (Å²) in [7, 11) is 0. The van der Waals surface area contributed by atoms with Crippen LogP contribution < -0.4 is 4.74 Å². The van der Waals surface area contributed by atoms with E-state index in [2.05, 4.69) is 15.5 Å². The fourth-order valence-corrected chi connectivity index (χ4v) is 1.83. The van der Waals surface area contributed by atoms with Crippen molar-refractivity contribution in [3.05, 3.63) is 35.7 Å². The van der Waals surface area contributed by atoms with E-state index in [0.717, 1.165) is 12.2 Å². The Morgan fingerprint density at radius 3 is 2.81 bits per heavy atom. The zero-order valence-corrected chi connectivity index (χ0v) is 11.9. The Labute approximate surface area is 122 Å². The van der Waals surface area contributed by atoms with Crippen LogP contribution in [0.4, 0.5) is 0 Å². The molecule has 1 aromatic carbocycles. The van der Waals surface area contributed by atoms with Gasteiger partial charge in [-0.15, -0.1) is 5.10 Å². The molecule has 2 aromatic rings. The third-order valence-corrected chi connectivity index (χ3v) is 2.97. The molecular weight excluding hydrogens is 272 g/mol. The molecule has 0 amide bonds. The van der Waals surface area contributed by atoms with E-state index >= 15 is 0 Å². The van der Waals surface area contributed by atoms with E-state index in [4.69, 9.17) is 9.84 Å². The van der Waals surface area contributed by atoms with Gasteiger partial charge in [-0.1, -0.05) is 17.7 Å². The third-order valence-electron chi connectivity index (χ3n) is 2.97. The minimum absolute atomic E-state index is 0.0280. The molecule has 7 nitrogen and oxygen atoms in total. The minimum atomic E-state index is -0.854. The van der Waals surface area contributed by atoms with E-state index in [1.165, 1.54) is 5.56 Å². The maximum absolute atomic E-state index is 10.5. The first-order valence-electron chi connectivity index (χ1n) is 6.81. The molecule has 0 aliphatic carbocycles. The van der Waals surface area contributed by atoms with Gasteiger partial charge in [0.1, 0.15) is 5.75 Å². The van der Waals surface area contributed by atoms with Crippen LogP contribution in [0.15, 0.2) is 24.3 Å². The van der Waals surface area contributed by atoms with E-state index in [9.17, 15) is 4.79 Å². The second kappa shape index (κ2) is 7.37. The van der Waals surface area contributed by atoms with Crippen LogP contribution >= 0.6 is 0 Å². The van der Waals surface area contributed by atoms with Crippen LogP contribution in [0, 0.1) is 6.92 Å². The van der Waals surface area contributed by atoms with Crippen LogP contribution in [0.1, 0.15) is 24.2 Å². The summed E-state index contributed by atoms with van der Waals surface area (Å²) in [6, 6.07) is 7.87. The largest absolute Gasteiger partial charge is 0.494 e. The number of aromatic nitrogens is 4. The molecule has 2 rings (SSSR count). The summed E-state index contributed by atoms with van der Waals surface area (Å²) < 4.78 is 7.25. The smallest absolute Gasteiger partial charge is 0.303 e. The lowest BCUT2D eigenvalue weighted by molar-refractivity contribution is -0.137. The van der Waals surface area contributed by atoms with Crippen molar-refractivity contribution in [1.29, 1.82) is 0 Å². The third kappa shape index (κ3) is 4.87. The van der Waals surface area contributed by atoms with E-state index in [1.807, 2.05) is 31.2 Å². The van der Waals surface area contributed by atoms with Gasteiger partial charge in [0.25, 0.3) is 0 Å². The Morgan fingerprint density at radius 2 is 2.10 bits per heavy atom. The molecular formula is C14H18N4O3. The molecule has 1 aromatic heterocycles. The summed E-state index contributed by atoms with van der Waals surface area (Å²) >= 11 is 0. The Morgan fingerprint density at radius 1 is 1.33 bits per heavy atom. The van der Waals surface area contributed by atoms with Crippen molar-refractivity contribution in [2.75, 3.05) is 6.61 Å². The van der Waals surface area contributed by atoms with E-state index in [0.29, 0.717) is 25.4 Å². The quantitative estimate of drug-likeness (QED) is 0.740. The lowest BCUT2D eigenvalue weighted by Gasteiger charge is -2.07. The Kier molecular flexibility index (Phi) is 5.25. The molecule has 21 heavy (non-hydrogen) atoms. The number of hydrogen-bond acceptors (Lipinski definition) is 5. The highest BCUT2D eigenvalue weighted by atomic mass is 16.5. The fourth-order valence-electron chi connectivity index (χ4n) is 1.83. The van der Waals surface area contributed by atoms with Crippen LogP contribution in [-0.2, 0) is 17.8 Å². The maximum Gasteiger partial charge on any atom is 0.303 e. The Bertz CT molecular complexity index is 580. The van der Waals surface area contributed by atoms with Crippen LogP contribution in [0.3, 0.4) is 0 Å². The highest BCUT2D eigenvalue weighted by molar-refractivity contribution is 5.66. The molecule has 0 spiro atoms. The van der Waals surface area contributed by atoms with Crippen LogP contribution in [0.5, 0.6) is 5.75 Å². The van der Waals surface area contributed by atoms with Crippen molar-refractivity contribution < 1.29 is 14.6 Å². The number of carbonyl (C=O) groups is 1. The van der Waals surface area contributed by atoms with Crippen molar-refractivity contribution in [3.63, 3.8) is 0 Å². The first-order chi connectivity index (χ1) is 10.1. The van der Waals surface area contributed by atoms with E-state index < -0.39 is 5.97 Å². The first-order valence-corrected chi connectivity index (χ1v) is 6.81. The summed E-state index contributed by atoms with van der Waals surface area (Å²) in [5, 5.41) is 19.9. The van der Waals surface area contributed by atoms with Gasteiger partial charge in [0.2, 0.25) is 0 Å². The second-order valence-electron chi connectivity index (χ2n) is 4.73. The monoisotopic (exact) mass is 290 g/mol. The molecule has 0 radical (unpaired) electrons. The predicted octanol–water partition coefficient (Wildman–Crippen LogP) is 1.47.